The first-order valence-corrected chi connectivity index (χ1v) is 10.6. The SMILES string of the molecule is Cc1ccnc(Nc2cc([C@H]3CCCN(C(=O)COc4ccccc4)C3)nc(C)n2)c1. The van der Waals surface area contributed by atoms with Crippen molar-refractivity contribution >= 4 is 17.5 Å². The molecule has 1 aliphatic heterocycles. The molecule has 7 heteroatoms. The summed E-state index contributed by atoms with van der Waals surface area (Å²) in [6, 6.07) is 15.3. The van der Waals surface area contributed by atoms with Crippen molar-refractivity contribution in [3.05, 3.63) is 71.8 Å². The number of likely N-dealkylation sites (tertiary alicyclic amines) is 1. The fourth-order valence-electron chi connectivity index (χ4n) is 3.80. The van der Waals surface area contributed by atoms with Crippen LogP contribution < -0.4 is 10.1 Å². The van der Waals surface area contributed by atoms with Gasteiger partial charge in [-0.2, -0.15) is 0 Å². The fraction of sp³-hybridized carbons (Fsp3) is 0.333. The number of hydrogen-bond donors (Lipinski definition) is 1. The van der Waals surface area contributed by atoms with E-state index in [0.29, 0.717) is 18.1 Å². The fourth-order valence-corrected chi connectivity index (χ4v) is 3.80. The molecule has 1 fully saturated rings. The molecule has 31 heavy (non-hydrogen) atoms. The van der Waals surface area contributed by atoms with Gasteiger partial charge in [-0.15, -0.1) is 0 Å². The molecule has 0 unspecified atom stereocenters. The van der Waals surface area contributed by atoms with Crippen molar-refractivity contribution in [3.63, 3.8) is 0 Å². The second kappa shape index (κ2) is 9.55. The number of nitrogens with one attached hydrogen (secondary N) is 1. The van der Waals surface area contributed by atoms with Gasteiger partial charge in [0.1, 0.15) is 23.2 Å². The number of rotatable bonds is 6. The van der Waals surface area contributed by atoms with Gasteiger partial charge in [-0.3, -0.25) is 4.79 Å². The Morgan fingerprint density at radius 2 is 1.97 bits per heavy atom. The Morgan fingerprint density at radius 1 is 1.13 bits per heavy atom. The normalized spacial score (nSPS) is 16.1. The zero-order valence-electron chi connectivity index (χ0n) is 17.9. The van der Waals surface area contributed by atoms with Crippen LogP contribution in [0.3, 0.4) is 0 Å². The van der Waals surface area contributed by atoms with Crippen molar-refractivity contribution in [1.82, 2.24) is 19.9 Å². The Balaban J connectivity index is 1.42. The highest BCUT2D eigenvalue weighted by molar-refractivity contribution is 5.78. The minimum absolute atomic E-state index is 0.00152. The molecule has 7 nitrogen and oxygen atoms in total. The number of para-hydroxylation sites is 1. The molecule has 0 spiro atoms. The molecule has 0 bridgehead atoms. The maximum Gasteiger partial charge on any atom is 0.260 e. The summed E-state index contributed by atoms with van der Waals surface area (Å²) in [4.78, 5) is 28.1. The van der Waals surface area contributed by atoms with Gasteiger partial charge in [0.25, 0.3) is 5.91 Å². The third-order valence-corrected chi connectivity index (χ3v) is 5.33. The summed E-state index contributed by atoms with van der Waals surface area (Å²) < 4.78 is 5.64. The molecule has 0 aliphatic carbocycles. The van der Waals surface area contributed by atoms with Crippen LogP contribution in [0.5, 0.6) is 5.75 Å². The first-order chi connectivity index (χ1) is 15.1. The Hall–Kier alpha value is -3.48. The number of pyridine rings is 1. The number of amides is 1. The Morgan fingerprint density at radius 3 is 2.77 bits per heavy atom. The zero-order valence-corrected chi connectivity index (χ0v) is 17.9. The quantitative estimate of drug-likeness (QED) is 0.653. The van der Waals surface area contributed by atoms with Crippen LogP contribution >= 0.6 is 0 Å². The van der Waals surface area contributed by atoms with Gasteiger partial charge in [0.2, 0.25) is 0 Å². The van der Waals surface area contributed by atoms with Crippen molar-refractivity contribution < 1.29 is 9.53 Å². The number of carbonyl (C=O) groups is 1. The number of nitrogens with zero attached hydrogens (tertiary/aromatic N) is 4. The molecule has 2 aromatic heterocycles. The van der Waals surface area contributed by atoms with Crippen LogP contribution in [-0.2, 0) is 4.79 Å². The number of aryl methyl sites for hydroxylation is 2. The summed E-state index contributed by atoms with van der Waals surface area (Å²) in [6.45, 7) is 5.34. The van der Waals surface area contributed by atoms with E-state index in [1.807, 2.05) is 67.3 Å². The highest BCUT2D eigenvalue weighted by Crippen LogP contribution is 2.28. The van der Waals surface area contributed by atoms with Crippen LogP contribution in [0, 0.1) is 13.8 Å². The van der Waals surface area contributed by atoms with Gasteiger partial charge >= 0.3 is 0 Å². The second-order valence-electron chi connectivity index (χ2n) is 7.85. The number of aromatic nitrogens is 3. The predicted octanol–water partition coefficient (Wildman–Crippen LogP) is 4.02. The topological polar surface area (TPSA) is 80.2 Å². The highest BCUT2D eigenvalue weighted by atomic mass is 16.5. The summed E-state index contributed by atoms with van der Waals surface area (Å²) in [7, 11) is 0. The molecular weight excluding hydrogens is 390 g/mol. The largest absolute Gasteiger partial charge is 0.484 e. The van der Waals surface area contributed by atoms with Gasteiger partial charge in [-0.1, -0.05) is 18.2 Å². The monoisotopic (exact) mass is 417 g/mol. The van der Waals surface area contributed by atoms with Crippen LogP contribution in [0.15, 0.2) is 54.7 Å². The second-order valence-corrected chi connectivity index (χ2v) is 7.85. The van der Waals surface area contributed by atoms with Crippen molar-refractivity contribution in [3.8, 4) is 5.75 Å². The van der Waals surface area contributed by atoms with Crippen LogP contribution in [0.2, 0.25) is 0 Å². The highest BCUT2D eigenvalue weighted by Gasteiger charge is 2.26. The number of ether oxygens (including phenoxy) is 1. The Labute approximate surface area is 182 Å². The lowest BCUT2D eigenvalue weighted by Gasteiger charge is -2.32. The van der Waals surface area contributed by atoms with E-state index in [9.17, 15) is 4.79 Å². The summed E-state index contributed by atoms with van der Waals surface area (Å²) in [5, 5.41) is 3.27. The molecule has 3 aromatic rings. The number of anilines is 2. The molecule has 1 atom stereocenters. The van der Waals surface area contributed by atoms with E-state index in [4.69, 9.17) is 4.74 Å². The molecule has 4 rings (SSSR count). The van der Waals surface area contributed by atoms with Gasteiger partial charge in [0, 0.05) is 31.3 Å². The number of hydrogen-bond acceptors (Lipinski definition) is 6. The van der Waals surface area contributed by atoms with E-state index >= 15 is 0 Å². The maximum absolute atomic E-state index is 12.7. The van der Waals surface area contributed by atoms with E-state index in [-0.39, 0.29) is 18.4 Å². The molecule has 1 N–H and O–H groups in total. The smallest absolute Gasteiger partial charge is 0.260 e. The maximum atomic E-state index is 12.7. The molecular formula is C24H27N5O2. The van der Waals surface area contributed by atoms with Crippen LogP contribution in [-0.4, -0.2) is 45.5 Å². The average Bonchev–Trinajstić information content (AvgIpc) is 2.78. The summed E-state index contributed by atoms with van der Waals surface area (Å²) in [5.74, 6) is 3.04. The molecule has 0 radical (unpaired) electrons. The predicted molar refractivity (Wildman–Crippen MR) is 120 cm³/mol. The van der Waals surface area contributed by atoms with Crippen molar-refractivity contribution in [2.75, 3.05) is 25.0 Å². The van der Waals surface area contributed by atoms with E-state index in [1.165, 1.54) is 0 Å². The van der Waals surface area contributed by atoms with E-state index in [0.717, 1.165) is 42.3 Å². The lowest BCUT2D eigenvalue weighted by molar-refractivity contribution is -0.134. The van der Waals surface area contributed by atoms with Gasteiger partial charge in [-0.05, 0) is 56.5 Å². The van der Waals surface area contributed by atoms with E-state index in [2.05, 4.69) is 20.3 Å². The third kappa shape index (κ3) is 5.57. The van der Waals surface area contributed by atoms with Crippen LogP contribution in [0.25, 0.3) is 0 Å². The number of piperidine rings is 1. The summed E-state index contributed by atoms with van der Waals surface area (Å²) >= 11 is 0. The van der Waals surface area contributed by atoms with Crippen molar-refractivity contribution in [1.29, 1.82) is 0 Å². The minimum Gasteiger partial charge on any atom is -0.484 e. The lowest BCUT2D eigenvalue weighted by atomic mass is 9.94. The standard InChI is InChI=1S/C24H27N5O2/c1-17-10-11-25-22(13-17)28-23-14-21(26-18(2)27-23)19-7-6-12-29(15-19)24(30)16-31-20-8-4-3-5-9-20/h3-5,8-11,13-14,19H,6-7,12,15-16H2,1-2H3,(H,25,26,27,28)/t19-/m0/s1. The average molecular weight is 418 g/mol. The van der Waals surface area contributed by atoms with Crippen LogP contribution in [0.4, 0.5) is 11.6 Å². The van der Waals surface area contributed by atoms with E-state index in [1.54, 1.807) is 6.20 Å². The van der Waals surface area contributed by atoms with Crippen molar-refractivity contribution in [2.24, 2.45) is 0 Å². The molecule has 1 amide bonds. The minimum atomic E-state index is 0.00152. The summed E-state index contributed by atoms with van der Waals surface area (Å²) in [5.41, 5.74) is 2.08. The molecule has 1 aromatic carbocycles. The molecule has 160 valence electrons. The Kier molecular flexibility index (Phi) is 6.40. The lowest BCUT2D eigenvalue weighted by Crippen LogP contribution is -2.41. The zero-order chi connectivity index (χ0) is 21.6. The molecule has 3 heterocycles. The third-order valence-electron chi connectivity index (χ3n) is 5.33. The van der Waals surface area contributed by atoms with Gasteiger partial charge in [0.15, 0.2) is 6.61 Å². The van der Waals surface area contributed by atoms with Crippen LogP contribution in [0.1, 0.15) is 35.8 Å². The molecule has 0 saturated carbocycles. The Bertz CT molecular complexity index is 1040. The molecule has 1 aliphatic rings. The van der Waals surface area contributed by atoms with E-state index < -0.39 is 0 Å². The van der Waals surface area contributed by atoms with Crippen molar-refractivity contribution in [2.45, 2.75) is 32.6 Å². The summed E-state index contributed by atoms with van der Waals surface area (Å²) in [6.07, 6.45) is 3.70. The van der Waals surface area contributed by atoms with Gasteiger partial charge < -0.3 is 15.0 Å². The number of carbonyl (C=O) groups excluding carboxylic acids is 1. The van der Waals surface area contributed by atoms with Gasteiger partial charge in [-0.25, -0.2) is 15.0 Å². The molecule has 1 saturated heterocycles. The first-order valence-electron chi connectivity index (χ1n) is 10.6. The van der Waals surface area contributed by atoms with Gasteiger partial charge in [0.05, 0.1) is 5.69 Å². The first kappa shape index (κ1) is 20.8. The number of benzene rings is 1.